The molecule has 6 heteroatoms. The van der Waals surface area contributed by atoms with E-state index in [2.05, 4.69) is 9.88 Å². The van der Waals surface area contributed by atoms with Gasteiger partial charge < -0.3 is 14.6 Å². The summed E-state index contributed by atoms with van der Waals surface area (Å²) in [5.74, 6) is -1.00. The fourth-order valence-corrected chi connectivity index (χ4v) is 3.09. The van der Waals surface area contributed by atoms with Crippen LogP contribution >= 0.6 is 0 Å². The molecule has 27 heavy (non-hydrogen) atoms. The molecule has 2 rings (SSSR count). The quantitative estimate of drug-likeness (QED) is 0.614. The Balaban J connectivity index is 2.04. The van der Waals surface area contributed by atoms with Crippen molar-refractivity contribution in [1.29, 1.82) is 0 Å². The van der Waals surface area contributed by atoms with E-state index in [1.54, 1.807) is 30.3 Å². The molecule has 0 fully saturated rings. The predicted molar refractivity (Wildman–Crippen MR) is 104 cm³/mol. The summed E-state index contributed by atoms with van der Waals surface area (Å²) >= 11 is 0. The molecular weight excluding hydrogens is 344 g/mol. The van der Waals surface area contributed by atoms with E-state index in [-0.39, 0.29) is 11.8 Å². The highest BCUT2D eigenvalue weighted by molar-refractivity contribution is 5.98. The molecule has 144 valence electrons. The first-order valence-corrected chi connectivity index (χ1v) is 8.93. The van der Waals surface area contributed by atoms with Crippen LogP contribution in [-0.4, -0.2) is 28.3 Å². The first-order chi connectivity index (χ1) is 12.6. The normalized spacial score (nSPS) is 12.0. The Hall–Kier alpha value is -2.89. The van der Waals surface area contributed by atoms with Crippen molar-refractivity contribution >= 4 is 23.3 Å². The zero-order chi connectivity index (χ0) is 20.3. The molecule has 0 saturated heterocycles. The number of aryl methyl sites for hydroxylation is 1. The summed E-state index contributed by atoms with van der Waals surface area (Å²) in [7, 11) is 0. The number of nitrogens with one attached hydrogen (secondary N) is 1. The molecule has 1 atom stereocenters. The maximum absolute atomic E-state index is 12.5. The van der Waals surface area contributed by atoms with Gasteiger partial charge in [-0.2, -0.15) is 0 Å². The summed E-state index contributed by atoms with van der Waals surface area (Å²) in [4.78, 5) is 36.1. The van der Waals surface area contributed by atoms with Gasteiger partial charge in [-0.25, -0.2) is 4.79 Å². The molecule has 0 aliphatic rings. The summed E-state index contributed by atoms with van der Waals surface area (Å²) in [5.41, 5.74) is 3.35. The van der Waals surface area contributed by atoms with Crippen LogP contribution in [0.5, 0.6) is 0 Å². The van der Waals surface area contributed by atoms with Gasteiger partial charge in [0.1, 0.15) is 0 Å². The molecule has 1 N–H and O–H groups in total. The first kappa shape index (κ1) is 20.4. The minimum atomic E-state index is -0.952. The Labute approximate surface area is 159 Å². The number of ketones is 1. The van der Waals surface area contributed by atoms with Crippen molar-refractivity contribution < 1.29 is 19.1 Å². The van der Waals surface area contributed by atoms with Gasteiger partial charge in [0.2, 0.25) is 0 Å². The Bertz CT molecular complexity index is 863. The molecular formula is C21H26N2O4. The van der Waals surface area contributed by atoms with Gasteiger partial charge in [-0.1, -0.05) is 0 Å². The Morgan fingerprint density at radius 1 is 1.04 bits per heavy atom. The van der Waals surface area contributed by atoms with Gasteiger partial charge in [0.25, 0.3) is 5.91 Å². The number of hydrogen-bond acceptors (Lipinski definition) is 4. The molecule has 1 amide bonds. The van der Waals surface area contributed by atoms with Crippen LogP contribution in [-0.2, 0) is 9.53 Å². The molecule has 1 aromatic carbocycles. The summed E-state index contributed by atoms with van der Waals surface area (Å²) in [6, 6.07) is 8.55. The number of esters is 1. The van der Waals surface area contributed by atoms with E-state index in [1.807, 2.05) is 27.7 Å². The number of hydrogen-bond donors (Lipinski definition) is 1. The van der Waals surface area contributed by atoms with Crippen LogP contribution in [0.15, 0.2) is 30.3 Å². The van der Waals surface area contributed by atoms with Gasteiger partial charge in [-0.3, -0.25) is 9.59 Å². The molecule has 0 radical (unpaired) electrons. The van der Waals surface area contributed by atoms with Crippen LogP contribution in [0.1, 0.15) is 65.8 Å². The molecule has 0 spiro atoms. The van der Waals surface area contributed by atoms with Gasteiger partial charge in [0, 0.05) is 28.7 Å². The van der Waals surface area contributed by atoms with E-state index in [0.717, 1.165) is 11.4 Å². The van der Waals surface area contributed by atoms with Crippen LogP contribution in [0, 0.1) is 13.8 Å². The van der Waals surface area contributed by atoms with Crippen molar-refractivity contribution in [2.45, 2.75) is 53.7 Å². The topological polar surface area (TPSA) is 77.4 Å². The van der Waals surface area contributed by atoms with Crippen molar-refractivity contribution in [3.8, 4) is 0 Å². The van der Waals surface area contributed by atoms with Crippen LogP contribution < -0.4 is 5.32 Å². The van der Waals surface area contributed by atoms with E-state index in [0.29, 0.717) is 16.8 Å². The molecule has 0 saturated carbocycles. The zero-order valence-corrected chi connectivity index (χ0v) is 16.6. The van der Waals surface area contributed by atoms with Gasteiger partial charge in [0.15, 0.2) is 11.9 Å². The number of rotatable bonds is 6. The number of benzene rings is 1. The third kappa shape index (κ3) is 4.64. The number of carbonyl (C=O) groups is 3. The smallest absolute Gasteiger partial charge is 0.340 e. The fourth-order valence-electron chi connectivity index (χ4n) is 3.09. The lowest BCUT2D eigenvalue weighted by Gasteiger charge is -2.15. The first-order valence-electron chi connectivity index (χ1n) is 8.93. The second-order valence-corrected chi connectivity index (χ2v) is 6.92. The largest absolute Gasteiger partial charge is 0.449 e. The Morgan fingerprint density at radius 3 is 2.11 bits per heavy atom. The molecule has 0 aliphatic heterocycles. The van der Waals surface area contributed by atoms with Gasteiger partial charge in [-0.05, 0) is 71.9 Å². The minimum absolute atomic E-state index is 0.0471. The molecule has 1 heterocycles. The number of ether oxygens (including phenoxy) is 1. The Morgan fingerprint density at radius 2 is 1.63 bits per heavy atom. The monoisotopic (exact) mass is 370 g/mol. The molecule has 2 aromatic rings. The standard InChI is InChI=1S/C21H26N2O4/c1-12(2)23-13(3)11-19(14(23)4)21(26)27-16(6)20(25)22-18-9-7-17(8-10-18)15(5)24/h7-12,16H,1-6H3,(H,22,25)/t16-/m1/s1. The molecule has 6 nitrogen and oxygen atoms in total. The van der Waals surface area contributed by atoms with Crippen LogP contribution in [0.25, 0.3) is 0 Å². The van der Waals surface area contributed by atoms with Crippen molar-refractivity contribution in [3.05, 3.63) is 52.8 Å². The van der Waals surface area contributed by atoms with E-state index >= 15 is 0 Å². The van der Waals surface area contributed by atoms with E-state index in [4.69, 9.17) is 4.74 Å². The number of carbonyl (C=O) groups excluding carboxylic acids is 3. The molecule has 1 aromatic heterocycles. The highest BCUT2D eigenvalue weighted by Gasteiger charge is 2.23. The lowest BCUT2D eigenvalue weighted by molar-refractivity contribution is -0.123. The summed E-state index contributed by atoms with van der Waals surface area (Å²) in [6.45, 7) is 10.9. The van der Waals surface area contributed by atoms with Crippen LogP contribution in [0.4, 0.5) is 5.69 Å². The third-order valence-corrected chi connectivity index (χ3v) is 4.43. The van der Waals surface area contributed by atoms with Crippen molar-refractivity contribution in [2.24, 2.45) is 0 Å². The Kier molecular flexibility index (Phi) is 6.20. The highest BCUT2D eigenvalue weighted by atomic mass is 16.5. The van der Waals surface area contributed by atoms with Gasteiger partial charge in [-0.15, -0.1) is 0 Å². The second-order valence-electron chi connectivity index (χ2n) is 6.92. The number of nitrogens with zero attached hydrogens (tertiary/aromatic N) is 1. The average molecular weight is 370 g/mol. The third-order valence-electron chi connectivity index (χ3n) is 4.43. The predicted octanol–water partition coefficient (Wildman–Crippen LogP) is 4.07. The van der Waals surface area contributed by atoms with Crippen LogP contribution in [0.2, 0.25) is 0 Å². The molecule has 0 aliphatic carbocycles. The minimum Gasteiger partial charge on any atom is -0.449 e. The second kappa shape index (κ2) is 8.20. The zero-order valence-electron chi connectivity index (χ0n) is 16.6. The number of Topliss-reactive ketones (excluding diaryl/α,β-unsaturated/α-hetero) is 1. The van der Waals surface area contributed by atoms with Crippen molar-refractivity contribution in [3.63, 3.8) is 0 Å². The highest BCUT2D eigenvalue weighted by Crippen LogP contribution is 2.21. The van der Waals surface area contributed by atoms with Gasteiger partial charge in [0.05, 0.1) is 5.56 Å². The van der Waals surface area contributed by atoms with Crippen LogP contribution in [0.3, 0.4) is 0 Å². The average Bonchev–Trinajstić information content (AvgIpc) is 2.89. The molecule has 0 unspecified atom stereocenters. The summed E-state index contributed by atoms with van der Waals surface area (Å²) in [5, 5.41) is 2.68. The maximum atomic E-state index is 12.5. The lowest BCUT2D eigenvalue weighted by Crippen LogP contribution is -2.30. The van der Waals surface area contributed by atoms with Crippen molar-refractivity contribution in [2.75, 3.05) is 5.32 Å². The van der Waals surface area contributed by atoms with E-state index in [9.17, 15) is 14.4 Å². The van der Waals surface area contributed by atoms with E-state index in [1.165, 1.54) is 13.8 Å². The summed E-state index contributed by atoms with van der Waals surface area (Å²) in [6.07, 6.45) is -0.952. The lowest BCUT2D eigenvalue weighted by atomic mass is 10.1. The SMILES string of the molecule is CC(=O)c1ccc(NC(=O)[C@@H](C)OC(=O)c2cc(C)n(C(C)C)c2C)cc1. The summed E-state index contributed by atoms with van der Waals surface area (Å²) < 4.78 is 7.40. The maximum Gasteiger partial charge on any atom is 0.340 e. The fraction of sp³-hybridized carbons (Fsp3) is 0.381. The number of aromatic nitrogens is 1. The van der Waals surface area contributed by atoms with Crippen molar-refractivity contribution in [1.82, 2.24) is 4.57 Å². The number of anilines is 1. The molecule has 0 bridgehead atoms. The van der Waals surface area contributed by atoms with Gasteiger partial charge >= 0.3 is 5.97 Å². The van der Waals surface area contributed by atoms with E-state index < -0.39 is 18.0 Å². The number of amides is 1.